The molecule has 0 saturated carbocycles. The van der Waals surface area contributed by atoms with E-state index in [1.807, 2.05) is 0 Å². The number of benzene rings is 1. The van der Waals surface area contributed by atoms with E-state index in [4.69, 9.17) is 15.9 Å². The fourth-order valence-corrected chi connectivity index (χ4v) is 2.46. The second kappa shape index (κ2) is 11.2. The zero-order chi connectivity index (χ0) is 21.3. The average Bonchev–Trinajstić information content (AvgIpc) is 2.64. The normalized spacial score (nSPS) is 13.8. The number of nitrogens with one attached hydrogen (secondary N) is 2. The second-order valence-electron chi connectivity index (χ2n) is 6.01. The Morgan fingerprint density at radius 3 is 2.11 bits per heavy atom. The Morgan fingerprint density at radius 1 is 1.04 bits per heavy atom. The van der Waals surface area contributed by atoms with Gasteiger partial charge in [-0.3, -0.25) is 14.4 Å². The minimum absolute atomic E-state index is 0.0532. The summed E-state index contributed by atoms with van der Waals surface area (Å²) < 4.78 is 13.1. The van der Waals surface area contributed by atoms with E-state index in [2.05, 4.69) is 23.3 Å². The number of carboxylic acid groups (broad SMARTS) is 2. The van der Waals surface area contributed by atoms with Crippen molar-refractivity contribution in [2.24, 2.45) is 5.73 Å². The predicted molar refractivity (Wildman–Crippen MR) is 100 cm³/mol. The highest BCUT2D eigenvalue weighted by molar-refractivity contribution is 7.80. The highest BCUT2D eigenvalue weighted by atomic mass is 32.1. The van der Waals surface area contributed by atoms with E-state index in [0.717, 1.165) is 0 Å². The van der Waals surface area contributed by atoms with Crippen molar-refractivity contribution in [2.75, 3.05) is 5.75 Å². The lowest BCUT2D eigenvalue weighted by molar-refractivity contribution is -0.141. The van der Waals surface area contributed by atoms with Crippen LogP contribution in [-0.2, 0) is 25.6 Å². The number of carbonyl (C=O) groups is 4. The summed E-state index contributed by atoms with van der Waals surface area (Å²) in [6.45, 7) is 0. The number of hydrogen-bond donors (Lipinski definition) is 6. The smallest absolute Gasteiger partial charge is 0.327 e. The van der Waals surface area contributed by atoms with E-state index < -0.39 is 47.7 Å². The zero-order valence-corrected chi connectivity index (χ0v) is 15.7. The summed E-state index contributed by atoms with van der Waals surface area (Å²) in [6.07, 6.45) is -0.521. The molecule has 0 heterocycles. The Kier molecular flexibility index (Phi) is 9.39. The van der Waals surface area contributed by atoms with Crippen molar-refractivity contribution in [1.82, 2.24) is 10.6 Å². The molecule has 1 rings (SSSR count). The number of hydrogen-bond acceptors (Lipinski definition) is 6. The number of aliphatic carboxylic acids is 2. The fourth-order valence-electron chi connectivity index (χ4n) is 2.21. The van der Waals surface area contributed by atoms with Crippen LogP contribution in [0.4, 0.5) is 4.39 Å². The molecule has 0 aromatic heterocycles. The number of thiol groups is 1. The van der Waals surface area contributed by atoms with Gasteiger partial charge in [-0.2, -0.15) is 12.6 Å². The topological polar surface area (TPSA) is 159 Å². The summed E-state index contributed by atoms with van der Waals surface area (Å²) in [7, 11) is 0. The Morgan fingerprint density at radius 2 is 1.61 bits per heavy atom. The number of carboxylic acids is 2. The molecular weight excluding hydrogens is 393 g/mol. The van der Waals surface area contributed by atoms with Gasteiger partial charge in [-0.05, 0) is 24.1 Å². The molecule has 1 aromatic carbocycles. The molecule has 0 aliphatic rings. The molecule has 0 bridgehead atoms. The van der Waals surface area contributed by atoms with E-state index in [9.17, 15) is 23.6 Å². The van der Waals surface area contributed by atoms with Crippen LogP contribution in [0.25, 0.3) is 0 Å². The van der Waals surface area contributed by atoms with E-state index >= 15 is 0 Å². The van der Waals surface area contributed by atoms with Crippen LogP contribution in [-0.4, -0.2) is 57.8 Å². The quantitative estimate of drug-likeness (QED) is 0.267. The maximum absolute atomic E-state index is 13.1. The molecule has 0 aliphatic carbocycles. The van der Waals surface area contributed by atoms with Gasteiger partial charge in [0, 0.05) is 18.6 Å². The van der Waals surface area contributed by atoms with Crippen molar-refractivity contribution in [3.05, 3.63) is 35.6 Å². The van der Waals surface area contributed by atoms with Gasteiger partial charge in [-0.1, -0.05) is 12.1 Å². The Hall–Kier alpha value is -2.66. The van der Waals surface area contributed by atoms with Crippen LogP contribution in [0.5, 0.6) is 0 Å². The first-order chi connectivity index (χ1) is 13.1. The second-order valence-corrected chi connectivity index (χ2v) is 6.38. The lowest BCUT2D eigenvalue weighted by Gasteiger charge is -2.22. The van der Waals surface area contributed by atoms with Crippen molar-refractivity contribution >= 4 is 36.4 Å². The lowest BCUT2D eigenvalue weighted by Crippen LogP contribution is -2.55. The summed E-state index contributed by atoms with van der Waals surface area (Å²) in [6, 6.07) is 1.55. The molecule has 11 heteroatoms. The summed E-state index contributed by atoms with van der Waals surface area (Å²) in [5.74, 6) is -4.62. The number of halogens is 1. The van der Waals surface area contributed by atoms with E-state index in [1.54, 1.807) is 0 Å². The van der Waals surface area contributed by atoms with Crippen LogP contribution >= 0.6 is 12.6 Å². The first kappa shape index (κ1) is 23.4. The van der Waals surface area contributed by atoms with Gasteiger partial charge >= 0.3 is 11.9 Å². The predicted octanol–water partition coefficient (Wildman–Crippen LogP) is -0.456. The van der Waals surface area contributed by atoms with Crippen LogP contribution in [0.3, 0.4) is 0 Å². The molecular formula is C17H22FN3O6S. The number of amides is 2. The molecule has 2 amide bonds. The molecule has 0 radical (unpaired) electrons. The van der Waals surface area contributed by atoms with Gasteiger partial charge in [0.05, 0.1) is 6.04 Å². The lowest BCUT2D eigenvalue weighted by atomic mass is 10.0. The molecule has 28 heavy (non-hydrogen) atoms. The third kappa shape index (κ3) is 7.92. The van der Waals surface area contributed by atoms with Crippen LogP contribution in [0.2, 0.25) is 0 Å². The zero-order valence-electron chi connectivity index (χ0n) is 14.8. The molecule has 0 aliphatic heterocycles. The molecule has 3 atom stereocenters. The standard InChI is InChI=1S/C17H22FN3O6S/c18-10-3-1-9(2-4-10)7-12(16(25)21-13(8-28)17(26)27)20-15(24)11(19)5-6-14(22)23/h1-4,11-13,28H,5-8,19H2,(H,20,24)(H,21,25)(H,22,23)(H,26,27)/t11-,12-,13-/m0/s1. The number of nitrogens with two attached hydrogens (primary N) is 1. The summed E-state index contributed by atoms with van der Waals surface area (Å²) in [5.41, 5.74) is 6.15. The largest absolute Gasteiger partial charge is 0.481 e. The van der Waals surface area contributed by atoms with Gasteiger partial charge in [-0.25, -0.2) is 9.18 Å². The highest BCUT2D eigenvalue weighted by Crippen LogP contribution is 2.07. The van der Waals surface area contributed by atoms with Gasteiger partial charge in [0.15, 0.2) is 0 Å². The Bertz CT molecular complexity index is 715. The van der Waals surface area contributed by atoms with Gasteiger partial charge in [-0.15, -0.1) is 0 Å². The van der Waals surface area contributed by atoms with Crippen molar-refractivity contribution in [2.45, 2.75) is 37.4 Å². The van der Waals surface area contributed by atoms with E-state index in [1.165, 1.54) is 24.3 Å². The minimum atomic E-state index is -1.30. The maximum atomic E-state index is 13.1. The van der Waals surface area contributed by atoms with Crippen molar-refractivity contribution in [1.29, 1.82) is 0 Å². The SMILES string of the molecule is N[C@@H](CCC(=O)O)C(=O)N[C@@H](Cc1ccc(F)cc1)C(=O)N[C@@H](CS)C(=O)O. The minimum Gasteiger partial charge on any atom is -0.481 e. The molecule has 0 saturated heterocycles. The monoisotopic (exact) mass is 415 g/mol. The summed E-state index contributed by atoms with van der Waals surface area (Å²) in [4.78, 5) is 46.4. The van der Waals surface area contributed by atoms with Crippen molar-refractivity contribution in [3.63, 3.8) is 0 Å². The van der Waals surface area contributed by atoms with Crippen LogP contribution < -0.4 is 16.4 Å². The molecule has 0 spiro atoms. The third-order valence-corrected chi connectivity index (χ3v) is 4.15. The molecule has 6 N–H and O–H groups in total. The molecule has 1 aromatic rings. The Balaban J connectivity index is 2.91. The van der Waals surface area contributed by atoms with Crippen LogP contribution in [0.15, 0.2) is 24.3 Å². The Labute approximate surface area is 165 Å². The van der Waals surface area contributed by atoms with Gasteiger partial charge in [0.1, 0.15) is 17.9 Å². The highest BCUT2D eigenvalue weighted by Gasteiger charge is 2.27. The van der Waals surface area contributed by atoms with Crippen molar-refractivity contribution < 1.29 is 33.8 Å². The summed E-state index contributed by atoms with van der Waals surface area (Å²) in [5, 5.41) is 22.4. The summed E-state index contributed by atoms with van der Waals surface area (Å²) >= 11 is 3.86. The van der Waals surface area contributed by atoms with Gasteiger partial charge in [0.2, 0.25) is 11.8 Å². The number of carbonyl (C=O) groups excluding carboxylic acids is 2. The number of rotatable bonds is 11. The van der Waals surface area contributed by atoms with Crippen LogP contribution in [0.1, 0.15) is 18.4 Å². The molecule has 9 nitrogen and oxygen atoms in total. The van der Waals surface area contributed by atoms with Crippen LogP contribution in [0, 0.1) is 5.82 Å². The van der Waals surface area contributed by atoms with Crippen molar-refractivity contribution in [3.8, 4) is 0 Å². The van der Waals surface area contributed by atoms with Gasteiger partial charge in [0.25, 0.3) is 0 Å². The van der Waals surface area contributed by atoms with E-state index in [-0.39, 0.29) is 25.0 Å². The molecule has 0 fully saturated rings. The first-order valence-corrected chi connectivity index (χ1v) is 8.93. The first-order valence-electron chi connectivity index (χ1n) is 8.30. The molecule has 0 unspecified atom stereocenters. The van der Waals surface area contributed by atoms with Gasteiger partial charge < -0.3 is 26.6 Å². The third-order valence-electron chi connectivity index (χ3n) is 3.79. The molecule has 154 valence electrons. The van der Waals surface area contributed by atoms with E-state index in [0.29, 0.717) is 5.56 Å². The maximum Gasteiger partial charge on any atom is 0.327 e. The average molecular weight is 415 g/mol. The fraction of sp³-hybridized carbons (Fsp3) is 0.412.